The Balaban J connectivity index is 2.75. The second kappa shape index (κ2) is 6.56. The van der Waals surface area contributed by atoms with E-state index >= 15 is 0 Å². The van der Waals surface area contributed by atoms with Gasteiger partial charge >= 0.3 is 0 Å². The van der Waals surface area contributed by atoms with Gasteiger partial charge in [0.25, 0.3) is 0 Å². The lowest BCUT2D eigenvalue weighted by Crippen LogP contribution is -1.98. The van der Waals surface area contributed by atoms with E-state index in [0.29, 0.717) is 0 Å². The predicted molar refractivity (Wildman–Crippen MR) is 43.9 cm³/mol. The zero-order valence-electron chi connectivity index (χ0n) is 5.94. The summed E-state index contributed by atoms with van der Waals surface area (Å²) in [7, 11) is 0. The molecule has 1 unspecified atom stereocenters. The standard InChI is InChI=1S/C7H15BrO/c1-7(9)5-3-2-4-6-8/h7,9H,2-6H2,1H3. The van der Waals surface area contributed by atoms with Crippen LogP contribution < -0.4 is 0 Å². The third kappa shape index (κ3) is 8.44. The number of hydrogen-bond acceptors (Lipinski definition) is 1. The number of hydrogen-bond donors (Lipinski definition) is 1. The summed E-state index contributed by atoms with van der Waals surface area (Å²) in [6.45, 7) is 1.84. The molecule has 0 amide bonds. The molecule has 0 saturated heterocycles. The second-order valence-electron chi connectivity index (χ2n) is 2.39. The van der Waals surface area contributed by atoms with Crippen LogP contribution in [0.3, 0.4) is 0 Å². The minimum absolute atomic E-state index is 0.111. The van der Waals surface area contributed by atoms with Crippen LogP contribution in [0.1, 0.15) is 32.6 Å². The third-order valence-electron chi connectivity index (χ3n) is 1.26. The number of alkyl halides is 1. The summed E-state index contributed by atoms with van der Waals surface area (Å²) in [5.41, 5.74) is 0. The van der Waals surface area contributed by atoms with Crippen LogP contribution >= 0.6 is 15.9 Å². The van der Waals surface area contributed by atoms with Crippen LogP contribution in [0.2, 0.25) is 0 Å². The van der Waals surface area contributed by atoms with E-state index in [2.05, 4.69) is 15.9 Å². The van der Waals surface area contributed by atoms with Gasteiger partial charge in [-0.05, 0) is 19.8 Å². The lowest BCUT2D eigenvalue weighted by Gasteiger charge is -2.01. The van der Waals surface area contributed by atoms with Crippen LogP contribution in [0, 0.1) is 0 Å². The summed E-state index contributed by atoms with van der Waals surface area (Å²) in [5, 5.41) is 9.93. The van der Waals surface area contributed by atoms with E-state index in [-0.39, 0.29) is 6.10 Å². The lowest BCUT2D eigenvalue weighted by atomic mass is 10.1. The molecule has 1 N–H and O–H groups in total. The summed E-state index contributed by atoms with van der Waals surface area (Å²) in [4.78, 5) is 0. The van der Waals surface area contributed by atoms with Crippen LogP contribution in [0.4, 0.5) is 0 Å². The zero-order chi connectivity index (χ0) is 7.11. The molecule has 0 bridgehead atoms. The Morgan fingerprint density at radius 3 is 2.44 bits per heavy atom. The molecule has 56 valence electrons. The van der Waals surface area contributed by atoms with Crippen molar-refractivity contribution in [2.75, 3.05) is 5.33 Å². The molecule has 2 heteroatoms. The summed E-state index contributed by atoms with van der Waals surface area (Å²) in [6.07, 6.45) is 4.46. The molecule has 9 heavy (non-hydrogen) atoms. The van der Waals surface area contributed by atoms with Crippen molar-refractivity contribution in [2.45, 2.75) is 38.7 Å². The van der Waals surface area contributed by atoms with E-state index < -0.39 is 0 Å². The van der Waals surface area contributed by atoms with Gasteiger partial charge in [0, 0.05) is 5.33 Å². The Kier molecular flexibility index (Phi) is 6.88. The number of halogens is 1. The van der Waals surface area contributed by atoms with Gasteiger partial charge < -0.3 is 5.11 Å². The van der Waals surface area contributed by atoms with Crippen LogP contribution in [-0.4, -0.2) is 16.5 Å². The topological polar surface area (TPSA) is 20.2 Å². The summed E-state index contributed by atoms with van der Waals surface area (Å²) >= 11 is 3.35. The van der Waals surface area contributed by atoms with E-state index in [0.717, 1.165) is 18.2 Å². The van der Waals surface area contributed by atoms with Gasteiger partial charge in [0.15, 0.2) is 0 Å². The zero-order valence-corrected chi connectivity index (χ0v) is 7.52. The average Bonchev–Trinajstić information content (AvgIpc) is 1.80. The first-order valence-corrected chi connectivity index (χ1v) is 4.63. The quantitative estimate of drug-likeness (QED) is 0.527. The molecule has 0 rings (SSSR count). The fraction of sp³-hybridized carbons (Fsp3) is 1.00. The van der Waals surface area contributed by atoms with Crippen molar-refractivity contribution in [1.82, 2.24) is 0 Å². The normalized spacial score (nSPS) is 13.7. The highest BCUT2D eigenvalue weighted by atomic mass is 79.9. The van der Waals surface area contributed by atoms with Crippen molar-refractivity contribution in [2.24, 2.45) is 0 Å². The predicted octanol–water partition coefficient (Wildman–Crippen LogP) is 2.32. The smallest absolute Gasteiger partial charge is 0.0512 e. The molecular formula is C7H15BrO. The molecule has 0 aromatic carbocycles. The van der Waals surface area contributed by atoms with Gasteiger partial charge in [-0.15, -0.1) is 0 Å². The average molecular weight is 195 g/mol. The van der Waals surface area contributed by atoms with Crippen LogP contribution in [0.15, 0.2) is 0 Å². The molecule has 0 aliphatic carbocycles. The monoisotopic (exact) mass is 194 g/mol. The van der Waals surface area contributed by atoms with E-state index in [4.69, 9.17) is 5.11 Å². The van der Waals surface area contributed by atoms with Crippen molar-refractivity contribution in [3.05, 3.63) is 0 Å². The molecule has 0 radical (unpaired) electrons. The summed E-state index contributed by atoms with van der Waals surface area (Å²) in [6, 6.07) is 0. The second-order valence-corrected chi connectivity index (χ2v) is 3.18. The molecule has 0 saturated carbocycles. The van der Waals surface area contributed by atoms with Gasteiger partial charge in [0.1, 0.15) is 0 Å². The van der Waals surface area contributed by atoms with Gasteiger partial charge in [-0.2, -0.15) is 0 Å². The van der Waals surface area contributed by atoms with E-state index in [1.54, 1.807) is 0 Å². The highest BCUT2D eigenvalue weighted by Gasteiger charge is 1.93. The first-order valence-electron chi connectivity index (χ1n) is 3.51. The van der Waals surface area contributed by atoms with Crippen molar-refractivity contribution in [3.8, 4) is 0 Å². The minimum atomic E-state index is -0.111. The Hall–Kier alpha value is 0.440. The van der Waals surface area contributed by atoms with Gasteiger partial charge in [-0.1, -0.05) is 28.8 Å². The van der Waals surface area contributed by atoms with E-state index in [9.17, 15) is 0 Å². The first kappa shape index (κ1) is 9.44. The van der Waals surface area contributed by atoms with Gasteiger partial charge in [-0.3, -0.25) is 0 Å². The minimum Gasteiger partial charge on any atom is -0.393 e. The molecule has 0 aliphatic rings. The van der Waals surface area contributed by atoms with Gasteiger partial charge in [-0.25, -0.2) is 0 Å². The number of rotatable bonds is 5. The van der Waals surface area contributed by atoms with Crippen molar-refractivity contribution in [1.29, 1.82) is 0 Å². The molecule has 0 spiro atoms. The molecule has 0 heterocycles. The first-order chi connectivity index (χ1) is 4.27. The van der Waals surface area contributed by atoms with Gasteiger partial charge in [0.05, 0.1) is 6.10 Å². The molecule has 0 aromatic rings. The lowest BCUT2D eigenvalue weighted by molar-refractivity contribution is 0.180. The molecule has 0 fully saturated rings. The SMILES string of the molecule is CC(O)CCCCCBr. The summed E-state index contributed by atoms with van der Waals surface area (Å²) < 4.78 is 0. The van der Waals surface area contributed by atoms with E-state index in [1.807, 2.05) is 6.92 Å². The van der Waals surface area contributed by atoms with Crippen LogP contribution in [0.5, 0.6) is 0 Å². The number of unbranched alkanes of at least 4 members (excludes halogenated alkanes) is 2. The highest BCUT2D eigenvalue weighted by Crippen LogP contribution is 2.03. The molecule has 0 aromatic heterocycles. The highest BCUT2D eigenvalue weighted by molar-refractivity contribution is 9.09. The largest absolute Gasteiger partial charge is 0.393 e. The molecular weight excluding hydrogens is 180 g/mol. The number of aliphatic hydroxyl groups excluding tert-OH is 1. The summed E-state index contributed by atoms with van der Waals surface area (Å²) in [5.74, 6) is 0. The molecule has 0 aliphatic heterocycles. The molecule has 1 nitrogen and oxygen atoms in total. The van der Waals surface area contributed by atoms with Crippen molar-refractivity contribution >= 4 is 15.9 Å². The molecule has 1 atom stereocenters. The van der Waals surface area contributed by atoms with Crippen molar-refractivity contribution in [3.63, 3.8) is 0 Å². The maximum Gasteiger partial charge on any atom is 0.0512 e. The number of aliphatic hydroxyl groups is 1. The van der Waals surface area contributed by atoms with Crippen LogP contribution in [-0.2, 0) is 0 Å². The third-order valence-corrected chi connectivity index (χ3v) is 1.82. The van der Waals surface area contributed by atoms with E-state index in [1.165, 1.54) is 12.8 Å². The van der Waals surface area contributed by atoms with Crippen molar-refractivity contribution < 1.29 is 5.11 Å². The Morgan fingerprint density at radius 1 is 1.33 bits per heavy atom. The fourth-order valence-corrected chi connectivity index (χ4v) is 1.11. The maximum atomic E-state index is 8.84. The fourth-order valence-electron chi connectivity index (χ4n) is 0.711. The maximum absolute atomic E-state index is 8.84. The Bertz CT molecular complexity index is 54.9. The Labute approximate surface area is 65.6 Å². The van der Waals surface area contributed by atoms with Crippen LogP contribution in [0.25, 0.3) is 0 Å². The Morgan fingerprint density at radius 2 is 2.00 bits per heavy atom. The van der Waals surface area contributed by atoms with Gasteiger partial charge in [0.2, 0.25) is 0 Å².